The number of nitrogens with zero attached hydrogens (tertiary/aromatic N) is 2. The normalized spacial score (nSPS) is 11.8. The molecule has 0 bridgehead atoms. The molecule has 114 valence electrons. The van der Waals surface area contributed by atoms with Crippen LogP contribution in [0.1, 0.15) is 10.6 Å². The summed E-state index contributed by atoms with van der Waals surface area (Å²) < 4.78 is 31.8. The summed E-state index contributed by atoms with van der Waals surface area (Å²) in [7, 11) is -0.527. The zero-order chi connectivity index (χ0) is 15.5. The number of benzene rings is 1. The van der Waals surface area contributed by atoms with E-state index < -0.39 is 10.0 Å². The van der Waals surface area contributed by atoms with Crippen molar-refractivity contribution in [2.75, 3.05) is 20.7 Å². The summed E-state index contributed by atoms with van der Waals surface area (Å²) in [5.74, 6) is 0.363. The van der Waals surface area contributed by atoms with Gasteiger partial charge in [0.15, 0.2) is 0 Å². The summed E-state index contributed by atoms with van der Waals surface area (Å²) in [4.78, 5) is 4.36. The minimum Gasteiger partial charge on any atom is -0.495 e. The van der Waals surface area contributed by atoms with Crippen molar-refractivity contribution >= 4 is 21.4 Å². The molecule has 0 N–H and O–H groups in total. The zero-order valence-corrected chi connectivity index (χ0v) is 13.9. The van der Waals surface area contributed by atoms with E-state index in [4.69, 9.17) is 4.74 Å². The Kier molecular flexibility index (Phi) is 4.97. The van der Waals surface area contributed by atoms with Gasteiger partial charge in [-0.05, 0) is 24.6 Å². The number of hydrogen-bond donors (Lipinski definition) is 0. The standard InChI is InChI=1S/C14H18N2O3S2/c1-11-4-5-12(19-3)13(10-11)21(17,18)16(2)8-6-14-15-7-9-20-14/h4-5,7,9-10H,6,8H2,1-3H3. The summed E-state index contributed by atoms with van der Waals surface area (Å²) in [5, 5.41) is 2.81. The fourth-order valence-electron chi connectivity index (χ4n) is 1.90. The molecular formula is C14H18N2O3S2. The maximum absolute atomic E-state index is 12.7. The van der Waals surface area contributed by atoms with E-state index in [1.807, 2.05) is 18.4 Å². The quantitative estimate of drug-likeness (QED) is 0.817. The second kappa shape index (κ2) is 6.55. The molecule has 2 rings (SSSR count). The minimum absolute atomic E-state index is 0.201. The number of methoxy groups -OCH3 is 1. The van der Waals surface area contributed by atoms with Crippen molar-refractivity contribution in [1.29, 1.82) is 0 Å². The number of hydrogen-bond acceptors (Lipinski definition) is 5. The van der Waals surface area contributed by atoms with E-state index in [1.165, 1.54) is 22.8 Å². The van der Waals surface area contributed by atoms with Crippen molar-refractivity contribution in [2.24, 2.45) is 0 Å². The van der Waals surface area contributed by atoms with E-state index in [2.05, 4.69) is 4.98 Å². The Labute approximate surface area is 129 Å². The Morgan fingerprint density at radius 2 is 2.14 bits per heavy atom. The molecule has 5 nitrogen and oxygen atoms in total. The van der Waals surface area contributed by atoms with Gasteiger partial charge in [-0.2, -0.15) is 0 Å². The molecule has 1 aromatic heterocycles. The number of rotatable bonds is 6. The maximum Gasteiger partial charge on any atom is 0.246 e. The third kappa shape index (κ3) is 3.61. The van der Waals surface area contributed by atoms with Gasteiger partial charge in [0.2, 0.25) is 10.0 Å². The third-order valence-electron chi connectivity index (χ3n) is 3.13. The molecule has 21 heavy (non-hydrogen) atoms. The molecule has 1 aromatic carbocycles. The number of aromatic nitrogens is 1. The predicted molar refractivity (Wildman–Crippen MR) is 83.4 cm³/mol. The average Bonchev–Trinajstić information content (AvgIpc) is 2.97. The highest BCUT2D eigenvalue weighted by atomic mass is 32.2. The van der Waals surface area contributed by atoms with Crippen LogP contribution in [0.15, 0.2) is 34.7 Å². The number of thiazole rings is 1. The van der Waals surface area contributed by atoms with Crippen LogP contribution in [0.2, 0.25) is 0 Å². The molecule has 0 spiro atoms. The van der Waals surface area contributed by atoms with Gasteiger partial charge in [-0.25, -0.2) is 17.7 Å². The Bertz CT molecular complexity index is 697. The van der Waals surface area contributed by atoms with Gasteiger partial charge in [0.1, 0.15) is 10.6 Å². The van der Waals surface area contributed by atoms with Crippen molar-refractivity contribution in [3.63, 3.8) is 0 Å². The molecule has 2 aromatic rings. The van der Waals surface area contributed by atoms with Crippen LogP contribution in [0.25, 0.3) is 0 Å². The van der Waals surface area contributed by atoms with Crippen LogP contribution in [-0.4, -0.2) is 38.4 Å². The first-order valence-corrected chi connectivity index (χ1v) is 8.76. The largest absolute Gasteiger partial charge is 0.495 e. The highest BCUT2D eigenvalue weighted by Gasteiger charge is 2.24. The number of sulfonamides is 1. The van der Waals surface area contributed by atoms with Crippen LogP contribution < -0.4 is 4.74 Å². The Balaban J connectivity index is 2.22. The van der Waals surface area contributed by atoms with Crippen LogP contribution in [0.3, 0.4) is 0 Å². The van der Waals surface area contributed by atoms with Crippen molar-refractivity contribution in [1.82, 2.24) is 9.29 Å². The Morgan fingerprint density at radius 3 is 2.76 bits per heavy atom. The smallest absolute Gasteiger partial charge is 0.246 e. The maximum atomic E-state index is 12.7. The summed E-state index contributed by atoms with van der Waals surface area (Å²) in [6.07, 6.45) is 2.32. The molecule has 0 aliphatic rings. The van der Waals surface area contributed by atoms with Crippen LogP contribution in [-0.2, 0) is 16.4 Å². The molecule has 0 saturated carbocycles. The molecule has 0 aliphatic heterocycles. The first-order chi connectivity index (χ1) is 9.95. The van der Waals surface area contributed by atoms with Gasteiger partial charge in [0.25, 0.3) is 0 Å². The number of aryl methyl sites for hydroxylation is 1. The molecule has 7 heteroatoms. The third-order valence-corrected chi connectivity index (χ3v) is 5.85. The van der Waals surface area contributed by atoms with Crippen LogP contribution >= 0.6 is 11.3 Å². The molecule has 1 heterocycles. The second-order valence-electron chi connectivity index (χ2n) is 4.66. The lowest BCUT2D eigenvalue weighted by atomic mass is 10.2. The van der Waals surface area contributed by atoms with Crippen LogP contribution in [0.4, 0.5) is 0 Å². The monoisotopic (exact) mass is 326 g/mol. The number of ether oxygens (including phenoxy) is 1. The molecule has 0 aliphatic carbocycles. The topological polar surface area (TPSA) is 59.5 Å². The minimum atomic E-state index is -3.57. The summed E-state index contributed by atoms with van der Waals surface area (Å²) >= 11 is 1.52. The second-order valence-corrected chi connectivity index (χ2v) is 7.65. The molecule has 0 saturated heterocycles. The van der Waals surface area contributed by atoms with E-state index in [9.17, 15) is 8.42 Å². The van der Waals surface area contributed by atoms with Crippen molar-refractivity contribution < 1.29 is 13.2 Å². The van der Waals surface area contributed by atoms with Crippen molar-refractivity contribution in [3.05, 3.63) is 40.3 Å². The van der Waals surface area contributed by atoms with E-state index >= 15 is 0 Å². The van der Waals surface area contributed by atoms with Gasteiger partial charge in [0, 0.05) is 31.6 Å². The molecular weight excluding hydrogens is 308 g/mol. The first-order valence-electron chi connectivity index (χ1n) is 6.44. The summed E-state index contributed by atoms with van der Waals surface area (Å²) in [6, 6.07) is 5.14. The predicted octanol–water partition coefficient (Wildman–Crippen LogP) is 2.32. The Hall–Kier alpha value is -1.44. The lowest BCUT2D eigenvalue weighted by Crippen LogP contribution is -2.29. The van der Waals surface area contributed by atoms with Crippen molar-refractivity contribution in [2.45, 2.75) is 18.2 Å². The van der Waals surface area contributed by atoms with Gasteiger partial charge < -0.3 is 4.74 Å². The average molecular weight is 326 g/mol. The molecule has 0 fully saturated rings. The lowest BCUT2D eigenvalue weighted by molar-refractivity contribution is 0.398. The van der Waals surface area contributed by atoms with Gasteiger partial charge in [-0.15, -0.1) is 11.3 Å². The molecule has 0 atom stereocenters. The molecule has 0 amide bonds. The highest BCUT2D eigenvalue weighted by Crippen LogP contribution is 2.27. The highest BCUT2D eigenvalue weighted by molar-refractivity contribution is 7.89. The number of likely N-dealkylation sites (N-methyl/N-ethyl adjacent to an activating group) is 1. The summed E-state index contributed by atoms with van der Waals surface area (Å²) in [5.41, 5.74) is 0.877. The fourth-order valence-corrected chi connectivity index (χ4v) is 3.92. The van der Waals surface area contributed by atoms with Crippen LogP contribution in [0, 0.1) is 6.92 Å². The summed E-state index contributed by atoms with van der Waals surface area (Å²) in [6.45, 7) is 2.24. The molecule has 0 unspecified atom stereocenters. The van der Waals surface area contributed by atoms with E-state index in [1.54, 1.807) is 25.4 Å². The van der Waals surface area contributed by atoms with Gasteiger partial charge in [0.05, 0.1) is 12.1 Å². The SMILES string of the molecule is COc1ccc(C)cc1S(=O)(=O)N(C)CCc1nccs1. The fraction of sp³-hybridized carbons (Fsp3) is 0.357. The first kappa shape index (κ1) is 15.9. The van der Waals surface area contributed by atoms with Gasteiger partial charge in [-0.3, -0.25) is 0 Å². The van der Waals surface area contributed by atoms with E-state index in [0.29, 0.717) is 18.7 Å². The Morgan fingerprint density at radius 1 is 1.38 bits per heavy atom. The lowest BCUT2D eigenvalue weighted by Gasteiger charge is -2.18. The van der Waals surface area contributed by atoms with Crippen molar-refractivity contribution in [3.8, 4) is 5.75 Å². The zero-order valence-electron chi connectivity index (χ0n) is 12.2. The van der Waals surface area contributed by atoms with E-state index in [0.717, 1.165) is 10.6 Å². The molecule has 0 radical (unpaired) electrons. The van der Waals surface area contributed by atoms with Gasteiger partial charge >= 0.3 is 0 Å². The van der Waals surface area contributed by atoms with E-state index in [-0.39, 0.29) is 4.90 Å². The van der Waals surface area contributed by atoms with Crippen LogP contribution in [0.5, 0.6) is 5.75 Å². The van der Waals surface area contributed by atoms with Gasteiger partial charge in [-0.1, -0.05) is 6.07 Å².